The number of nitrogens with zero attached hydrogens (tertiary/aromatic N) is 4. The van der Waals surface area contributed by atoms with Gasteiger partial charge in [-0.15, -0.1) is 0 Å². The molecule has 4 rings (SSSR count). The monoisotopic (exact) mass is 408 g/mol. The van der Waals surface area contributed by atoms with Gasteiger partial charge in [-0.1, -0.05) is 11.6 Å². The van der Waals surface area contributed by atoms with Gasteiger partial charge in [0.2, 0.25) is 5.82 Å². The van der Waals surface area contributed by atoms with Gasteiger partial charge in [0.15, 0.2) is 0 Å². The molecular formula is C18H24N4O5S. The maximum atomic E-state index is 12.9. The Kier molecular flexibility index (Phi) is 5.63. The predicted octanol–water partition coefficient (Wildman–Crippen LogP) is 1.85. The van der Waals surface area contributed by atoms with Crippen LogP contribution in [-0.4, -0.2) is 67.1 Å². The molecule has 10 heteroatoms. The van der Waals surface area contributed by atoms with Crippen molar-refractivity contribution in [2.24, 2.45) is 0 Å². The van der Waals surface area contributed by atoms with Crippen LogP contribution in [0, 0.1) is 0 Å². The molecule has 0 saturated carbocycles. The Morgan fingerprint density at radius 3 is 2.54 bits per heavy atom. The number of piperidine rings is 1. The lowest BCUT2D eigenvalue weighted by Gasteiger charge is -2.35. The van der Waals surface area contributed by atoms with E-state index in [0.29, 0.717) is 38.0 Å². The highest BCUT2D eigenvalue weighted by atomic mass is 32.2. The fourth-order valence-corrected chi connectivity index (χ4v) is 5.14. The summed E-state index contributed by atoms with van der Waals surface area (Å²) in [4.78, 5) is 4.41. The van der Waals surface area contributed by atoms with Gasteiger partial charge >= 0.3 is 0 Å². The normalized spacial score (nSPS) is 22.2. The van der Waals surface area contributed by atoms with Gasteiger partial charge in [0, 0.05) is 31.7 Å². The van der Waals surface area contributed by atoms with Crippen LogP contribution in [0.1, 0.15) is 31.2 Å². The highest BCUT2D eigenvalue weighted by Gasteiger charge is 2.36. The molecule has 152 valence electrons. The number of ether oxygens (including phenoxy) is 2. The first kappa shape index (κ1) is 19.3. The van der Waals surface area contributed by atoms with Crippen LogP contribution in [0.4, 0.5) is 0 Å². The Labute approximate surface area is 164 Å². The molecule has 0 radical (unpaired) electrons. The van der Waals surface area contributed by atoms with E-state index in [0.717, 1.165) is 30.6 Å². The van der Waals surface area contributed by atoms with Gasteiger partial charge in [0.1, 0.15) is 11.9 Å². The standard InChI is InChI=1S/C18H24N4O5S/c1-25-15-7-5-14(6-8-15)18-19-17(20-27-18)16-13-22(11-12-26-16)28(23,24)21-9-3-2-4-10-21/h5-8,16H,2-4,9-13H2,1H3/t16-/m1/s1. The third kappa shape index (κ3) is 3.90. The van der Waals surface area contributed by atoms with Crippen molar-refractivity contribution in [2.45, 2.75) is 25.4 Å². The fraction of sp³-hybridized carbons (Fsp3) is 0.556. The van der Waals surface area contributed by atoms with Crippen LogP contribution in [0.15, 0.2) is 28.8 Å². The van der Waals surface area contributed by atoms with Crippen molar-refractivity contribution in [1.29, 1.82) is 0 Å². The molecule has 0 aliphatic carbocycles. The second-order valence-electron chi connectivity index (χ2n) is 6.87. The van der Waals surface area contributed by atoms with Gasteiger partial charge in [0.25, 0.3) is 16.1 Å². The molecule has 0 bridgehead atoms. The zero-order valence-electron chi connectivity index (χ0n) is 15.8. The van der Waals surface area contributed by atoms with Crippen LogP contribution in [0.25, 0.3) is 11.5 Å². The molecule has 1 aromatic heterocycles. The van der Waals surface area contributed by atoms with E-state index in [4.69, 9.17) is 14.0 Å². The van der Waals surface area contributed by atoms with Crippen LogP contribution in [0.5, 0.6) is 5.75 Å². The molecule has 2 saturated heterocycles. The molecule has 2 aromatic rings. The molecule has 0 N–H and O–H groups in total. The molecule has 2 fully saturated rings. The van der Waals surface area contributed by atoms with Crippen molar-refractivity contribution >= 4 is 10.2 Å². The Morgan fingerprint density at radius 1 is 1.07 bits per heavy atom. The number of benzene rings is 1. The van der Waals surface area contributed by atoms with E-state index in [2.05, 4.69) is 10.1 Å². The Hall–Kier alpha value is -2.01. The summed E-state index contributed by atoms with van der Waals surface area (Å²) in [5.74, 6) is 1.44. The number of aromatic nitrogens is 2. The minimum atomic E-state index is -3.49. The first-order chi connectivity index (χ1) is 13.6. The molecule has 1 aromatic carbocycles. The summed E-state index contributed by atoms with van der Waals surface area (Å²) in [5, 5.41) is 4.01. The average molecular weight is 408 g/mol. The van der Waals surface area contributed by atoms with Gasteiger partial charge in [-0.25, -0.2) is 0 Å². The topological polar surface area (TPSA) is 98.0 Å². The molecule has 2 aliphatic heterocycles. The molecule has 9 nitrogen and oxygen atoms in total. The summed E-state index contributed by atoms with van der Waals surface area (Å²) in [6, 6.07) is 7.27. The number of morpholine rings is 1. The number of methoxy groups -OCH3 is 1. The minimum Gasteiger partial charge on any atom is -0.497 e. The van der Waals surface area contributed by atoms with Crippen molar-refractivity contribution in [1.82, 2.24) is 18.8 Å². The van der Waals surface area contributed by atoms with E-state index < -0.39 is 16.3 Å². The van der Waals surface area contributed by atoms with E-state index in [1.54, 1.807) is 11.4 Å². The zero-order chi connectivity index (χ0) is 19.6. The van der Waals surface area contributed by atoms with Crippen LogP contribution >= 0.6 is 0 Å². The first-order valence-electron chi connectivity index (χ1n) is 9.43. The van der Waals surface area contributed by atoms with E-state index in [1.807, 2.05) is 24.3 Å². The highest BCUT2D eigenvalue weighted by Crippen LogP contribution is 2.27. The molecule has 0 amide bonds. The highest BCUT2D eigenvalue weighted by molar-refractivity contribution is 7.86. The quantitative estimate of drug-likeness (QED) is 0.745. The third-order valence-corrected chi connectivity index (χ3v) is 7.07. The summed E-state index contributed by atoms with van der Waals surface area (Å²) in [7, 11) is -1.89. The SMILES string of the molecule is COc1ccc(-c2nc([C@H]3CN(S(=O)(=O)N4CCCCC4)CCO3)no2)cc1. The molecule has 28 heavy (non-hydrogen) atoms. The first-order valence-corrected chi connectivity index (χ1v) is 10.8. The van der Waals surface area contributed by atoms with Crippen molar-refractivity contribution in [3.63, 3.8) is 0 Å². The second kappa shape index (κ2) is 8.16. The third-order valence-electron chi connectivity index (χ3n) is 5.06. The zero-order valence-corrected chi connectivity index (χ0v) is 16.6. The average Bonchev–Trinajstić information content (AvgIpc) is 3.25. The predicted molar refractivity (Wildman–Crippen MR) is 101 cm³/mol. The van der Waals surface area contributed by atoms with Gasteiger partial charge in [-0.05, 0) is 37.1 Å². The van der Waals surface area contributed by atoms with Gasteiger partial charge in [-0.3, -0.25) is 0 Å². The molecule has 1 atom stereocenters. The van der Waals surface area contributed by atoms with Crippen molar-refractivity contribution in [3.8, 4) is 17.2 Å². The lowest BCUT2D eigenvalue weighted by Crippen LogP contribution is -2.50. The summed E-state index contributed by atoms with van der Waals surface area (Å²) >= 11 is 0. The van der Waals surface area contributed by atoms with E-state index >= 15 is 0 Å². The lowest BCUT2D eigenvalue weighted by atomic mass is 10.2. The van der Waals surface area contributed by atoms with Crippen molar-refractivity contribution in [2.75, 3.05) is 39.9 Å². The van der Waals surface area contributed by atoms with E-state index in [-0.39, 0.29) is 6.54 Å². The fourth-order valence-electron chi connectivity index (χ4n) is 3.47. The van der Waals surface area contributed by atoms with Crippen molar-refractivity contribution < 1.29 is 22.4 Å². The smallest absolute Gasteiger partial charge is 0.282 e. The van der Waals surface area contributed by atoms with E-state index in [9.17, 15) is 8.42 Å². The van der Waals surface area contributed by atoms with Gasteiger partial charge in [0.05, 0.1) is 13.7 Å². The van der Waals surface area contributed by atoms with E-state index in [1.165, 1.54) is 4.31 Å². The number of hydrogen-bond acceptors (Lipinski definition) is 7. The maximum absolute atomic E-state index is 12.9. The van der Waals surface area contributed by atoms with Gasteiger partial charge in [-0.2, -0.15) is 22.0 Å². The summed E-state index contributed by atoms with van der Waals surface area (Å²) in [5.41, 5.74) is 0.758. The van der Waals surface area contributed by atoms with Gasteiger partial charge < -0.3 is 14.0 Å². The lowest BCUT2D eigenvalue weighted by molar-refractivity contribution is -0.0104. The number of rotatable bonds is 5. The summed E-state index contributed by atoms with van der Waals surface area (Å²) < 4.78 is 45.1. The van der Waals surface area contributed by atoms with Crippen LogP contribution < -0.4 is 4.74 Å². The Morgan fingerprint density at radius 2 is 1.82 bits per heavy atom. The minimum absolute atomic E-state index is 0.181. The summed E-state index contributed by atoms with van der Waals surface area (Å²) in [6.07, 6.45) is 2.34. The molecule has 0 unspecified atom stereocenters. The van der Waals surface area contributed by atoms with Crippen LogP contribution in [0.3, 0.4) is 0 Å². The second-order valence-corrected chi connectivity index (χ2v) is 8.80. The molecule has 3 heterocycles. The maximum Gasteiger partial charge on any atom is 0.282 e. The summed E-state index contributed by atoms with van der Waals surface area (Å²) in [6.45, 7) is 1.96. The Bertz CT molecular complexity index is 893. The molecule has 2 aliphatic rings. The Balaban J connectivity index is 1.48. The molecular weight excluding hydrogens is 384 g/mol. The number of hydrogen-bond donors (Lipinski definition) is 0. The molecule has 0 spiro atoms. The van der Waals surface area contributed by atoms with Crippen LogP contribution in [0.2, 0.25) is 0 Å². The van der Waals surface area contributed by atoms with Crippen molar-refractivity contribution in [3.05, 3.63) is 30.1 Å². The van der Waals surface area contributed by atoms with Crippen LogP contribution in [-0.2, 0) is 14.9 Å². The largest absolute Gasteiger partial charge is 0.497 e.